The fraction of sp³-hybridized carbons (Fsp3) is 0.125. The van der Waals surface area contributed by atoms with Gasteiger partial charge in [-0.3, -0.25) is 14.0 Å². The van der Waals surface area contributed by atoms with Crippen molar-refractivity contribution >= 4 is 34.5 Å². The maximum absolute atomic E-state index is 12.5. The summed E-state index contributed by atoms with van der Waals surface area (Å²) in [7, 11) is 0. The third-order valence-electron chi connectivity index (χ3n) is 4.72. The largest absolute Gasteiger partial charge is 0.494 e. The zero-order valence-corrected chi connectivity index (χ0v) is 18.1. The van der Waals surface area contributed by atoms with Crippen molar-refractivity contribution in [3.8, 4) is 5.75 Å². The van der Waals surface area contributed by atoms with Crippen LogP contribution in [0.3, 0.4) is 0 Å². The average molecular weight is 449 g/mol. The van der Waals surface area contributed by atoms with Crippen molar-refractivity contribution in [3.05, 3.63) is 99.6 Å². The lowest BCUT2D eigenvalue weighted by Crippen LogP contribution is -2.16. The van der Waals surface area contributed by atoms with Crippen molar-refractivity contribution in [3.63, 3.8) is 0 Å². The van der Waals surface area contributed by atoms with E-state index in [4.69, 9.17) is 16.3 Å². The van der Waals surface area contributed by atoms with Crippen molar-refractivity contribution in [2.45, 2.75) is 13.5 Å². The van der Waals surface area contributed by atoms with Crippen LogP contribution >= 0.6 is 11.6 Å². The lowest BCUT2D eigenvalue weighted by atomic mass is 10.2. The van der Waals surface area contributed by atoms with Crippen molar-refractivity contribution in [2.24, 2.45) is 0 Å². The molecule has 0 saturated heterocycles. The third kappa shape index (κ3) is 5.07. The van der Waals surface area contributed by atoms with Crippen LogP contribution in [0.4, 0.5) is 11.4 Å². The summed E-state index contributed by atoms with van der Waals surface area (Å²) >= 11 is 5.94. The molecule has 1 amide bonds. The Balaban J connectivity index is 1.38. The van der Waals surface area contributed by atoms with Crippen LogP contribution in [0.2, 0.25) is 5.02 Å². The fourth-order valence-corrected chi connectivity index (χ4v) is 3.31. The number of fused-ring (bicyclic) bond motifs is 1. The first-order chi connectivity index (χ1) is 15.5. The normalized spacial score (nSPS) is 10.7. The Hall–Kier alpha value is -3.84. The molecular formula is C24H21ClN4O3. The Morgan fingerprint density at radius 3 is 2.47 bits per heavy atom. The number of rotatable bonds is 7. The van der Waals surface area contributed by atoms with E-state index in [9.17, 15) is 9.59 Å². The molecule has 4 rings (SSSR count). The molecule has 0 aliphatic rings. The number of aromatic nitrogens is 2. The van der Waals surface area contributed by atoms with Crippen LogP contribution in [0.1, 0.15) is 23.0 Å². The molecule has 4 aromatic rings. The molecule has 2 heterocycles. The third-order valence-corrected chi connectivity index (χ3v) is 4.94. The second-order valence-corrected chi connectivity index (χ2v) is 7.44. The number of hydrogen-bond acceptors (Lipinski definition) is 5. The number of amides is 1. The molecule has 0 radical (unpaired) electrons. The van der Waals surface area contributed by atoms with Gasteiger partial charge in [0.15, 0.2) is 0 Å². The van der Waals surface area contributed by atoms with E-state index in [0.717, 1.165) is 11.4 Å². The lowest BCUT2D eigenvalue weighted by Gasteiger charge is -2.09. The summed E-state index contributed by atoms with van der Waals surface area (Å²) in [5, 5.41) is 6.55. The van der Waals surface area contributed by atoms with E-state index < -0.39 is 0 Å². The first-order valence-corrected chi connectivity index (χ1v) is 10.5. The van der Waals surface area contributed by atoms with E-state index in [0.29, 0.717) is 40.8 Å². The standard InChI is InChI=1S/C24H21ClN4O3/c1-2-32-21-10-8-19(9-11-21)28-24(31)16-3-6-18(7-4-16)26-14-20-13-23(30)29-15-17(25)5-12-22(29)27-20/h3-13,15,26H,2,14H2,1H3,(H,28,31). The summed E-state index contributed by atoms with van der Waals surface area (Å²) in [6, 6.07) is 19.2. The molecule has 0 unspecified atom stereocenters. The van der Waals surface area contributed by atoms with Crippen molar-refractivity contribution < 1.29 is 9.53 Å². The molecule has 0 aliphatic carbocycles. The molecule has 0 aliphatic heterocycles. The first kappa shape index (κ1) is 21.4. The monoisotopic (exact) mass is 448 g/mol. The Morgan fingerprint density at radius 2 is 1.75 bits per heavy atom. The van der Waals surface area contributed by atoms with Crippen LogP contribution in [-0.2, 0) is 6.54 Å². The SMILES string of the molecule is CCOc1ccc(NC(=O)c2ccc(NCc3cc(=O)n4cc(Cl)ccc4n3)cc2)cc1. The van der Waals surface area contributed by atoms with E-state index in [1.807, 2.05) is 19.1 Å². The van der Waals surface area contributed by atoms with E-state index >= 15 is 0 Å². The van der Waals surface area contributed by atoms with Gasteiger partial charge in [-0.2, -0.15) is 0 Å². The highest BCUT2D eigenvalue weighted by atomic mass is 35.5. The van der Waals surface area contributed by atoms with Gasteiger partial charge in [-0.25, -0.2) is 4.98 Å². The van der Waals surface area contributed by atoms with Gasteiger partial charge in [-0.1, -0.05) is 11.6 Å². The summed E-state index contributed by atoms with van der Waals surface area (Å²) < 4.78 is 6.81. The van der Waals surface area contributed by atoms with Crippen molar-refractivity contribution in [1.82, 2.24) is 9.38 Å². The Morgan fingerprint density at radius 1 is 1.03 bits per heavy atom. The molecule has 2 N–H and O–H groups in total. The van der Waals surface area contributed by atoms with Crippen LogP contribution in [-0.4, -0.2) is 21.9 Å². The highest BCUT2D eigenvalue weighted by Gasteiger charge is 2.07. The number of hydrogen-bond donors (Lipinski definition) is 2. The molecule has 0 spiro atoms. The number of carbonyl (C=O) groups is 1. The van der Waals surface area contributed by atoms with Crippen LogP contribution < -0.4 is 20.9 Å². The van der Waals surface area contributed by atoms with Crippen molar-refractivity contribution in [1.29, 1.82) is 0 Å². The second-order valence-electron chi connectivity index (χ2n) is 7.00. The van der Waals surface area contributed by atoms with Crippen LogP contribution in [0.15, 0.2) is 77.7 Å². The molecule has 2 aromatic heterocycles. The number of nitrogens with zero attached hydrogens (tertiary/aromatic N) is 2. The van der Waals surface area contributed by atoms with Gasteiger partial charge in [0.2, 0.25) is 0 Å². The topological polar surface area (TPSA) is 84.7 Å². The molecule has 32 heavy (non-hydrogen) atoms. The summed E-state index contributed by atoms with van der Waals surface area (Å²) in [5.41, 5.74) is 2.96. The Kier molecular flexibility index (Phi) is 6.37. The van der Waals surface area contributed by atoms with E-state index in [-0.39, 0.29) is 11.5 Å². The Labute approximate surface area is 189 Å². The van der Waals surface area contributed by atoms with E-state index in [1.54, 1.807) is 54.7 Å². The van der Waals surface area contributed by atoms with Gasteiger partial charge < -0.3 is 15.4 Å². The highest BCUT2D eigenvalue weighted by molar-refractivity contribution is 6.30. The number of pyridine rings is 1. The number of carbonyl (C=O) groups excluding carboxylic acids is 1. The Bertz CT molecular complexity index is 1300. The molecule has 0 atom stereocenters. The molecule has 162 valence electrons. The lowest BCUT2D eigenvalue weighted by molar-refractivity contribution is 0.102. The quantitative estimate of drug-likeness (QED) is 0.431. The number of benzene rings is 2. The van der Waals surface area contributed by atoms with Gasteiger partial charge in [0.25, 0.3) is 11.5 Å². The smallest absolute Gasteiger partial charge is 0.258 e. The van der Waals surface area contributed by atoms with E-state index in [1.165, 1.54) is 10.5 Å². The van der Waals surface area contributed by atoms with Crippen molar-refractivity contribution in [2.75, 3.05) is 17.2 Å². The van der Waals surface area contributed by atoms with Gasteiger partial charge in [-0.05, 0) is 67.6 Å². The highest BCUT2D eigenvalue weighted by Crippen LogP contribution is 2.17. The van der Waals surface area contributed by atoms with Gasteiger partial charge in [0, 0.05) is 29.2 Å². The summed E-state index contributed by atoms with van der Waals surface area (Å²) in [6.07, 6.45) is 1.54. The molecular weight excluding hydrogens is 428 g/mol. The van der Waals surface area contributed by atoms with Gasteiger partial charge in [0.1, 0.15) is 11.4 Å². The predicted molar refractivity (Wildman–Crippen MR) is 126 cm³/mol. The number of ether oxygens (including phenoxy) is 1. The summed E-state index contributed by atoms with van der Waals surface area (Å²) in [4.78, 5) is 29.2. The predicted octanol–water partition coefficient (Wildman–Crippen LogP) is 4.61. The van der Waals surface area contributed by atoms with Crippen LogP contribution in [0, 0.1) is 0 Å². The maximum atomic E-state index is 12.5. The fourth-order valence-electron chi connectivity index (χ4n) is 3.15. The minimum absolute atomic E-state index is 0.199. The van der Waals surface area contributed by atoms with Crippen LogP contribution in [0.25, 0.3) is 5.65 Å². The minimum atomic E-state index is -0.205. The van der Waals surface area contributed by atoms with E-state index in [2.05, 4.69) is 15.6 Å². The molecule has 8 heteroatoms. The summed E-state index contributed by atoms with van der Waals surface area (Å²) in [6.45, 7) is 2.88. The maximum Gasteiger partial charge on any atom is 0.258 e. The zero-order valence-electron chi connectivity index (χ0n) is 17.3. The molecule has 0 saturated carbocycles. The van der Waals surface area contributed by atoms with Crippen LogP contribution in [0.5, 0.6) is 5.75 Å². The average Bonchev–Trinajstić information content (AvgIpc) is 2.80. The van der Waals surface area contributed by atoms with Gasteiger partial charge in [-0.15, -0.1) is 0 Å². The number of anilines is 2. The minimum Gasteiger partial charge on any atom is -0.494 e. The second kappa shape index (κ2) is 9.53. The molecule has 0 bridgehead atoms. The number of nitrogens with one attached hydrogen (secondary N) is 2. The van der Waals surface area contributed by atoms with Gasteiger partial charge in [0.05, 0.1) is 23.9 Å². The zero-order chi connectivity index (χ0) is 22.5. The molecule has 0 fully saturated rings. The summed E-state index contributed by atoms with van der Waals surface area (Å²) in [5.74, 6) is 0.553. The number of halogens is 1. The van der Waals surface area contributed by atoms with Gasteiger partial charge >= 0.3 is 0 Å². The first-order valence-electron chi connectivity index (χ1n) is 10.1. The molecule has 2 aromatic carbocycles. The molecule has 7 nitrogen and oxygen atoms in total.